The van der Waals surface area contributed by atoms with Gasteiger partial charge in [0.1, 0.15) is 0 Å². The smallest absolute Gasteiger partial charge is 0.310 e. The van der Waals surface area contributed by atoms with Crippen molar-refractivity contribution in [3.63, 3.8) is 0 Å². The lowest BCUT2D eigenvalue weighted by atomic mass is 9.77. The van der Waals surface area contributed by atoms with Crippen molar-refractivity contribution in [3.8, 4) is 0 Å². The molecule has 0 bridgehead atoms. The summed E-state index contributed by atoms with van der Waals surface area (Å²) in [6.45, 7) is -0.0162. The molecule has 0 spiro atoms. The summed E-state index contributed by atoms with van der Waals surface area (Å²) >= 11 is 0. The van der Waals surface area contributed by atoms with E-state index in [1.54, 1.807) is 0 Å². The lowest BCUT2D eigenvalue weighted by Crippen LogP contribution is -2.39. The van der Waals surface area contributed by atoms with E-state index in [-0.39, 0.29) is 18.7 Å². The van der Waals surface area contributed by atoms with E-state index in [9.17, 15) is 23.1 Å². The summed E-state index contributed by atoms with van der Waals surface area (Å²) < 4.78 is 24.6. The third-order valence-corrected chi connectivity index (χ3v) is 5.38. The first-order chi connectivity index (χ1) is 9.81. The van der Waals surface area contributed by atoms with Crippen LogP contribution in [0.15, 0.2) is 0 Å². The summed E-state index contributed by atoms with van der Waals surface area (Å²) in [7, 11) is -2.06. The van der Waals surface area contributed by atoms with E-state index in [1.807, 2.05) is 0 Å². The van der Waals surface area contributed by atoms with Crippen LogP contribution in [-0.4, -0.2) is 44.7 Å². The number of amides is 1. The molecule has 0 aliphatic heterocycles. The summed E-state index contributed by atoms with van der Waals surface area (Å²) in [4.78, 5) is 23.5. The topological polar surface area (TPSA) is 113 Å². The fraction of sp³-hybridized carbons (Fsp3) is 0.846. The zero-order chi connectivity index (χ0) is 15.9. The number of aliphatic carboxylic acids is 1. The molecule has 1 aliphatic carbocycles. The van der Waals surface area contributed by atoms with E-state index in [4.69, 9.17) is 0 Å². The van der Waals surface area contributed by atoms with E-state index in [0.29, 0.717) is 12.8 Å². The van der Waals surface area contributed by atoms with Crippen molar-refractivity contribution < 1.29 is 23.1 Å². The molecule has 3 N–H and O–H groups in total. The van der Waals surface area contributed by atoms with E-state index < -0.39 is 27.3 Å². The zero-order valence-corrected chi connectivity index (χ0v) is 13.2. The SMILES string of the molecule is CNS(=O)(=O)CCNC(=O)CC1(C(=O)O)CCCCCC1. The van der Waals surface area contributed by atoms with Gasteiger partial charge in [-0.3, -0.25) is 9.59 Å². The first-order valence-corrected chi connectivity index (χ1v) is 8.88. The van der Waals surface area contributed by atoms with E-state index >= 15 is 0 Å². The summed E-state index contributed by atoms with van der Waals surface area (Å²) in [6, 6.07) is 0. The van der Waals surface area contributed by atoms with Crippen LogP contribution in [-0.2, 0) is 19.6 Å². The molecule has 0 saturated heterocycles. The Balaban J connectivity index is 2.55. The van der Waals surface area contributed by atoms with Crippen molar-refractivity contribution in [2.75, 3.05) is 19.3 Å². The second kappa shape index (κ2) is 7.74. The highest BCUT2D eigenvalue weighted by Crippen LogP contribution is 2.38. The number of nitrogens with one attached hydrogen (secondary N) is 2. The molecule has 1 amide bonds. The number of carbonyl (C=O) groups is 2. The van der Waals surface area contributed by atoms with Crippen LogP contribution in [0.1, 0.15) is 44.9 Å². The average molecular weight is 320 g/mol. The number of sulfonamides is 1. The Hall–Kier alpha value is -1.15. The average Bonchev–Trinajstić information content (AvgIpc) is 2.65. The maximum atomic E-state index is 11.9. The molecule has 8 heteroatoms. The molecule has 1 aliphatic rings. The third-order valence-electron chi connectivity index (χ3n) is 4.02. The van der Waals surface area contributed by atoms with Gasteiger partial charge in [0.15, 0.2) is 0 Å². The van der Waals surface area contributed by atoms with Crippen molar-refractivity contribution in [2.24, 2.45) is 5.41 Å². The molecule has 0 unspecified atom stereocenters. The minimum Gasteiger partial charge on any atom is -0.481 e. The largest absolute Gasteiger partial charge is 0.481 e. The quantitative estimate of drug-likeness (QED) is 0.590. The van der Waals surface area contributed by atoms with Crippen molar-refractivity contribution >= 4 is 21.9 Å². The van der Waals surface area contributed by atoms with Crippen LogP contribution in [0.5, 0.6) is 0 Å². The molecule has 1 rings (SSSR count). The van der Waals surface area contributed by atoms with Gasteiger partial charge in [-0.2, -0.15) is 0 Å². The molecule has 0 aromatic heterocycles. The van der Waals surface area contributed by atoms with Crippen LogP contribution >= 0.6 is 0 Å². The number of rotatable bonds is 7. The predicted molar refractivity (Wildman–Crippen MR) is 78.2 cm³/mol. The van der Waals surface area contributed by atoms with Crippen LogP contribution in [0.2, 0.25) is 0 Å². The van der Waals surface area contributed by atoms with Gasteiger partial charge in [-0.25, -0.2) is 13.1 Å². The summed E-state index contributed by atoms with van der Waals surface area (Å²) in [6.07, 6.45) is 4.55. The molecular weight excluding hydrogens is 296 g/mol. The second-order valence-corrected chi connectivity index (χ2v) is 7.60. The van der Waals surface area contributed by atoms with Crippen molar-refractivity contribution in [2.45, 2.75) is 44.9 Å². The highest BCUT2D eigenvalue weighted by atomic mass is 32.2. The normalized spacial score (nSPS) is 18.7. The molecule has 21 heavy (non-hydrogen) atoms. The van der Waals surface area contributed by atoms with Gasteiger partial charge in [0.25, 0.3) is 0 Å². The van der Waals surface area contributed by atoms with Crippen LogP contribution in [0.4, 0.5) is 0 Å². The fourth-order valence-corrected chi connectivity index (χ4v) is 3.24. The van der Waals surface area contributed by atoms with E-state index in [2.05, 4.69) is 10.0 Å². The number of hydrogen-bond donors (Lipinski definition) is 3. The Morgan fingerprint density at radius 3 is 2.19 bits per heavy atom. The summed E-state index contributed by atoms with van der Waals surface area (Å²) in [5.74, 6) is -1.54. The second-order valence-electron chi connectivity index (χ2n) is 5.55. The van der Waals surface area contributed by atoms with Crippen molar-refractivity contribution in [1.29, 1.82) is 0 Å². The Morgan fingerprint density at radius 2 is 1.71 bits per heavy atom. The van der Waals surface area contributed by atoms with Gasteiger partial charge in [0, 0.05) is 13.0 Å². The standard InChI is InChI=1S/C13H24N2O5S/c1-14-21(19,20)9-8-15-11(16)10-13(12(17)18)6-4-2-3-5-7-13/h14H,2-10H2,1H3,(H,15,16)(H,17,18). The maximum Gasteiger partial charge on any atom is 0.310 e. The van der Waals surface area contributed by atoms with E-state index in [0.717, 1.165) is 25.7 Å². The van der Waals surface area contributed by atoms with Gasteiger partial charge < -0.3 is 10.4 Å². The van der Waals surface area contributed by atoms with Gasteiger partial charge in [0.05, 0.1) is 11.2 Å². The number of carboxylic acids is 1. The lowest BCUT2D eigenvalue weighted by Gasteiger charge is -2.27. The number of carboxylic acid groups (broad SMARTS) is 1. The molecule has 0 radical (unpaired) electrons. The van der Waals surface area contributed by atoms with Crippen LogP contribution in [0.25, 0.3) is 0 Å². The molecular formula is C13H24N2O5S. The fourth-order valence-electron chi connectivity index (χ4n) is 2.67. The minimum atomic E-state index is -3.37. The van der Waals surface area contributed by atoms with Gasteiger partial charge in [-0.1, -0.05) is 25.7 Å². The molecule has 1 saturated carbocycles. The van der Waals surface area contributed by atoms with Crippen LogP contribution in [0, 0.1) is 5.41 Å². The predicted octanol–water partition coefficient (Wildman–Crippen LogP) is 0.467. The van der Waals surface area contributed by atoms with Crippen LogP contribution in [0.3, 0.4) is 0 Å². The highest BCUT2D eigenvalue weighted by molar-refractivity contribution is 7.89. The molecule has 0 aromatic carbocycles. The van der Waals surface area contributed by atoms with Gasteiger partial charge in [-0.15, -0.1) is 0 Å². The lowest BCUT2D eigenvalue weighted by molar-refractivity contribution is -0.152. The number of carbonyl (C=O) groups excluding carboxylic acids is 1. The van der Waals surface area contributed by atoms with E-state index in [1.165, 1.54) is 7.05 Å². The van der Waals surface area contributed by atoms with Gasteiger partial charge >= 0.3 is 5.97 Å². The van der Waals surface area contributed by atoms with Crippen LogP contribution < -0.4 is 10.0 Å². The van der Waals surface area contributed by atoms with Gasteiger partial charge in [-0.05, 0) is 19.9 Å². The summed E-state index contributed by atoms with van der Waals surface area (Å²) in [5, 5.41) is 12.0. The Labute approximate surface area is 125 Å². The third kappa shape index (κ3) is 5.62. The molecule has 122 valence electrons. The molecule has 0 heterocycles. The summed E-state index contributed by atoms with van der Waals surface area (Å²) in [5.41, 5.74) is -0.998. The molecule has 7 nitrogen and oxygen atoms in total. The molecule has 0 aromatic rings. The van der Waals surface area contributed by atoms with Gasteiger partial charge in [0.2, 0.25) is 15.9 Å². The monoisotopic (exact) mass is 320 g/mol. The number of hydrogen-bond acceptors (Lipinski definition) is 4. The molecule has 1 fully saturated rings. The Morgan fingerprint density at radius 1 is 1.14 bits per heavy atom. The maximum absolute atomic E-state index is 11.9. The Bertz CT molecular complexity index is 467. The van der Waals surface area contributed by atoms with Crippen molar-refractivity contribution in [1.82, 2.24) is 10.0 Å². The first kappa shape index (κ1) is 17.9. The minimum absolute atomic E-state index is 0.0162. The Kier molecular flexibility index (Phi) is 6.60. The highest BCUT2D eigenvalue weighted by Gasteiger charge is 2.40. The first-order valence-electron chi connectivity index (χ1n) is 7.23. The van der Waals surface area contributed by atoms with Crippen molar-refractivity contribution in [3.05, 3.63) is 0 Å². The molecule has 0 atom stereocenters. The zero-order valence-electron chi connectivity index (χ0n) is 12.4.